The molecule has 2 aromatic rings. The van der Waals surface area contributed by atoms with Crippen LogP contribution in [0.1, 0.15) is 83.9 Å². The fourth-order valence-corrected chi connectivity index (χ4v) is 3.18. The molecule has 138 valence electrons. The van der Waals surface area contributed by atoms with E-state index in [9.17, 15) is 9.59 Å². The zero-order valence-corrected chi connectivity index (χ0v) is 15.1. The summed E-state index contributed by atoms with van der Waals surface area (Å²) in [5, 5.41) is 4.13. The SMILES string of the molecule is CC(C)c1nc([C@@H]2CCCCCN2C(=O)c2ccc(C(N)=O)cc2)no1. The predicted octanol–water partition coefficient (Wildman–Crippen LogP) is 3.05. The lowest BCUT2D eigenvalue weighted by atomic mass is 10.1. The quantitative estimate of drug-likeness (QED) is 0.907. The number of benzene rings is 1. The molecule has 7 nitrogen and oxygen atoms in total. The van der Waals surface area contributed by atoms with Crippen LogP contribution in [0.25, 0.3) is 0 Å². The monoisotopic (exact) mass is 356 g/mol. The Kier molecular flexibility index (Phi) is 5.35. The standard InChI is InChI=1S/C19H24N4O3/c1-12(2)18-21-17(22-26-18)15-6-4-3-5-11-23(15)19(25)14-9-7-13(8-10-14)16(20)24/h7-10,12,15H,3-6,11H2,1-2H3,(H2,20,24)/t15-/m0/s1. The average Bonchev–Trinajstić information content (AvgIpc) is 3.00. The molecule has 2 heterocycles. The number of primary amides is 1. The molecule has 2 amide bonds. The van der Waals surface area contributed by atoms with Crippen LogP contribution in [0.3, 0.4) is 0 Å². The van der Waals surface area contributed by atoms with Crippen molar-refractivity contribution in [3.05, 3.63) is 47.1 Å². The Labute approximate surface area is 152 Å². The summed E-state index contributed by atoms with van der Waals surface area (Å²) in [6.45, 7) is 4.63. The lowest BCUT2D eigenvalue weighted by molar-refractivity contribution is 0.0670. The molecule has 0 radical (unpaired) electrons. The highest BCUT2D eigenvalue weighted by Gasteiger charge is 2.31. The van der Waals surface area contributed by atoms with Crippen LogP contribution >= 0.6 is 0 Å². The highest BCUT2D eigenvalue weighted by atomic mass is 16.5. The third-order valence-corrected chi connectivity index (χ3v) is 4.68. The van der Waals surface area contributed by atoms with Gasteiger partial charge in [0.2, 0.25) is 11.8 Å². The van der Waals surface area contributed by atoms with Crippen LogP contribution in [0.2, 0.25) is 0 Å². The minimum atomic E-state index is -0.510. The Hall–Kier alpha value is -2.70. The van der Waals surface area contributed by atoms with E-state index in [0.29, 0.717) is 29.4 Å². The van der Waals surface area contributed by atoms with E-state index in [1.54, 1.807) is 24.3 Å². The molecule has 1 aliphatic heterocycles. The van der Waals surface area contributed by atoms with Gasteiger partial charge in [0.25, 0.3) is 5.91 Å². The van der Waals surface area contributed by atoms with E-state index in [1.165, 1.54) is 0 Å². The van der Waals surface area contributed by atoms with Gasteiger partial charge >= 0.3 is 0 Å². The Morgan fingerprint density at radius 1 is 1.15 bits per heavy atom. The molecule has 1 saturated heterocycles. The van der Waals surface area contributed by atoms with Crippen molar-refractivity contribution in [2.24, 2.45) is 5.73 Å². The topological polar surface area (TPSA) is 102 Å². The summed E-state index contributed by atoms with van der Waals surface area (Å²) in [5.74, 6) is 0.696. The summed E-state index contributed by atoms with van der Waals surface area (Å²) < 4.78 is 5.35. The highest BCUT2D eigenvalue weighted by molar-refractivity contribution is 5.97. The van der Waals surface area contributed by atoms with Gasteiger partial charge in [0.1, 0.15) is 0 Å². The largest absolute Gasteiger partial charge is 0.366 e. The van der Waals surface area contributed by atoms with Crippen molar-refractivity contribution >= 4 is 11.8 Å². The van der Waals surface area contributed by atoms with Gasteiger partial charge in [-0.3, -0.25) is 9.59 Å². The molecule has 26 heavy (non-hydrogen) atoms. The number of carbonyl (C=O) groups excluding carboxylic acids is 2. The summed E-state index contributed by atoms with van der Waals surface area (Å²) in [7, 11) is 0. The van der Waals surface area contributed by atoms with E-state index in [4.69, 9.17) is 10.3 Å². The third-order valence-electron chi connectivity index (χ3n) is 4.68. The van der Waals surface area contributed by atoms with E-state index >= 15 is 0 Å². The van der Waals surface area contributed by atoms with Crippen molar-refractivity contribution in [3.8, 4) is 0 Å². The van der Waals surface area contributed by atoms with Crippen molar-refractivity contribution in [1.82, 2.24) is 15.0 Å². The molecule has 1 aromatic heterocycles. The van der Waals surface area contributed by atoms with Gasteiger partial charge in [-0.05, 0) is 37.1 Å². The fourth-order valence-electron chi connectivity index (χ4n) is 3.18. The first-order valence-electron chi connectivity index (χ1n) is 9.01. The minimum Gasteiger partial charge on any atom is -0.366 e. The summed E-state index contributed by atoms with van der Waals surface area (Å²) in [6, 6.07) is 6.23. The van der Waals surface area contributed by atoms with E-state index < -0.39 is 5.91 Å². The smallest absolute Gasteiger partial charge is 0.254 e. The lowest BCUT2D eigenvalue weighted by Crippen LogP contribution is -2.35. The second-order valence-corrected chi connectivity index (χ2v) is 6.95. The molecular formula is C19H24N4O3. The molecule has 0 bridgehead atoms. The molecule has 1 aliphatic rings. The van der Waals surface area contributed by atoms with Crippen LogP contribution in [0.5, 0.6) is 0 Å². The third kappa shape index (κ3) is 3.76. The normalized spacial score (nSPS) is 18.0. The summed E-state index contributed by atoms with van der Waals surface area (Å²) in [4.78, 5) is 30.6. The van der Waals surface area contributed by atoms with Crippen molar-refractivity contribution in [3.63, 3.8) is 0 Å². The number of hydrogen-bond acceptors (Lipinski definition) is 5. The van der Waals surface area contributed by atoms with Crippen LogP contribution in [-0.4, -0.2) is 33.4 Å². The van der Waals surface area contributed by atoms with Crippen molar-refractivity contribution in [2.45, 2.75) is 51.5 Å². The molecule has 0 saturated carbocycles. The summed E-state index contributed by atoms with van der Waals surface area (Å²) >= 11 is 0. The van der Waals surface area contributed by atoms with Crippen molar-refractivity contribution in [2.75, 3.05) is 6.54 Å². The minimum absolute atomic E-state index is 0.0937. The maximum Gasteiger partial charge on any atom is 0.254 e. The van der Waals surface area contributed by atoms with Crippen LogP contribution in [0, 0.1) is 0 Å². The number of aromatic nitrogens is 2. The Morgan fingerprint density at radius 2 is 1.85 bits per heavy atom. The zero-order chi connectivity index (χ0) is 18.7. The van der Waals surface area contributed by atoms with E-state index in [0.717, 1.165) is 25.7 Å². The Balaban J connectivity index is 1.87. The molecule has 1 fully saturated rings. The number of nitrogens with two attached hydrogens (primary N) is 1. The Bertz CT molecular complexity index is 782. The van der Waals surface area contributed by atoms with E-state index in [2.05, 4.69) is 10.1 Å². The number of carbonyl (C=O) groups is 2. The van der Waals surface area contributed by atoms with Gasteiger partial charge < -0.3 is 15.2 Å². The predicted molar refractivity (Wildman–Crippen MR) is 95.6 cm³/mol. The molecular weight excluding hydrogens is 332 g/mol. The van der Waals surface area contributed by atoms with Gasteiger partial charge in [-0.1, -0.05) is 31.8 Å². The van der Waals surface area contributed by atoms with Crippen LogP contribution < -0.4 is 5.73 Å². The van der Waals surface area contributed by atoms with Crippen LogP contribution in [-0.2, 0) is 0 Å². The van der Waals surface area contributed by atoms with Gasteiger partial charge in [0.05, 0.1) is 6.04 Å². The van der Waals surface area contributed by atoms with Crippen molar-refractivity contribution < 1.29 is 14.1 Å². The zero-order valence-electron chi connectivity index (χ0n) is 15.1. The maximum atomic E-state index is 13.1. The molecule has 3 rings (SSSR count). The molecule has 0 spiro atoms. The van der Waals surface area contributed by atoms with Gasteiger partial charge in [-0.2, -0.15) is 4.98 Å². The first kappa shape index (κ1) is 18.1. The molecule has 2 N–H and O–H groups in total. The van der Waals surface area contributed by atoms with Gasteiger partial charge in [-0.15, -0.1) is 0 Å². The molecule has 0 unspecified atom stereocenters. The number of amides is 2. The molecule has 7 heteroatoms. The van der Waals surface area contributed by atoms with Crippen molar-refractivity contribution in [1.29, 1.82) is 0 Å². The van der Waals surface area contributed by atoms with Gasteiger partial charge in [0.15, 0.2) is 5.82 Å². The van der Waals surface area contributed by atoms with E-state index in [-0.39, 0.29) is 17.9 Å². The second-order valence-electron chi connectivity index (χ2n) is 6.95. The van der Waals surface area contributed by atoms with Crippen LogP contribution in [0.4, 0.5) is 0 Å². The lowest BCUT2D eigenvalue weighted by Gasteiger charge is -2.28. The van der Waals surface area contributed by atoms with Gasteiger partial charge in [-0.25, -0.2) is 0 Å². The second kappa shape index (κ2) is 7.68. The average molecular weight is 356 g/mol. The molecule has 1 atom stereocenters. The van der Waals surface area contributed by atoms with Gasteiger partial charge in [0, 0.05) is 23.6 Å². The summed E-state index contributed by atoms with van der Waals surface area (Å²) in [5.41, 5.74) is 6.17. The fraction of sp³-hybridized carbons (Fsp3) is 0.474. The summed E-state index contributed by atoms with van der Waals surface area (Å²) in [6.07, 6.45) is 3.83. The molecule has 1 aromatic carbocycles. The number of hydrogen-bond donors (Lipinski definition) is 1. The maximum absolute atomic E-state index is 13.1. The number of nitrogens with zero attached hydrogens (tertiary/aromatic N) is 3. The Morgan fingerprint density at radius 3 is 2.46 bits per heavy atom. The first-order chi connectivity index (χ1) is 12.5. The molecule has 0 aliphatic carbocycles. The van der Waals surface area contributed by atoms with E-state index in [1.807, 2.05) is 18.7 Å². The van der Waals surface area contributed by atoms with Crippen LogP contribution in [0.15, 0.2) is 28.8 Å². The first-order valence-corrected chi connectivity index (χ1v) is 9.01. The number of likely N-dealkylation sites (tertiary alicyclic amines) is 1. The highest BCUT2D eigenvalue weighted by Crippen LogP contribution is 2.30. The number of rotatable bonds is 4.